The Hall–Kier alpha value is -4.99. The number of hydrogen-bond donors (Lipinski definition) is 2. The number of anilines is 2. The Bertz CT molecular complexity index is 1870. The summed E-state index contributed by atoms with van der Waals surface area (Å²) in [5, 5.41) is 10.8. The number of carbonyl (C=O) groups excluding carboxylic acids is 2. The number of allylic oxidation sites excluding steroid dienone is 1. The number of nitrogens with one attached hydrogen (secondary N) is 2. The number of benzene rings is 4. The second-order valence-electron chi connectivity index (χ2n) is 9.37. The lowest BCUT2D eigenvalue weighted by atomic mass is 10.1. The van der Waals surface area contributed by atoms with Gasteiger partial charge in [-0.25, -0.2) is 17.9 Å². The molecular formula is C32H25ClN4O4S. The average Bonchev–Trinajstić information content (AvgIpc) is 3.41. The van der Waals surface area contributed by atoms with Crippen LogP contribution in [0.3, 0.4) is 0 Å². The van der Waals surface area contributed by atoms with E-state index in [9.17, 15) is 18.0 Å². The molecule has 0 aliphatic rings. The van der Waals surface area contributed by atoms with Gasteiger partial charge in [0, 0.05) is 45.5 Å². The van der Waals surface area contributed by atoms with Gasteiger partial charge in [-0.1, -0.05) is 41.9 Å². The molecule has 5 aromatic rings. The van der Waals surface area contributed by atoms with Gasteiger partial charge in [0.1, 0.15) is 0 Å². The molecule has 42 heavy (non-hydrogen) atoms. The van der Waals surface area contributed by atoms with Gasteiger partial charge in [0.25, 0.3) is 0 Å². The number of amides is 2. The van der Waals surface area contributed by atoms with Gasteiger partial charge in [0.15, 0.2) is 15.6 Å². The highest BCUT2D eigenvalue weighted by atomic mass is 35.5. The van der Waals surface area contributed by atoms with Gasteiger partial charge >= 0.3 is 6.03 Å². The highest BCUT2D eigenvalue weighted by molar-refractivity contribution is 7.90. The number of rotatable bonds is 8. The van der Waals surface area contributed by atoms with Crippen LogP contribution < -0.4 is 10.6 Å². The predicted octanol–water partition coefficient (Wildman–Crippen LogP) is 7.14. The van der Waals surface area contributed by atoms with E-state index >= 15 is 0 Å². The summed E-state index contributed by atoms with van der Waals surface area (Å²) in [7, 11) is -3.33. The maximum absolute atomic E-state index is 13.0. The Labute approximate surface area is 248 Å². The summed E-state index contributed by atoms with van der Waals surface area (Å²) in [6, 6.07) is 28.8. The number of urea groups is 1. The molecule has 4 aromatic carbocycles. The molecule has 0 spiro atoms. The minimum absolute atomic E-state index is 0.208. The van der Waals surface area contributed by atoms with Gasteiger partial charge < -0.3 is 10.6 Å². The van der Waals surface area contributed by atoms with Gasteiger partial charge in [-0.3, -0.25) is 4.79 Å². The van der Waals surface area contributed by atoms with Gasteiger partial charge in [-0.15, -0.1) is 0 Å². The minimum Gasteiger partial charge on any atom is -0.308 e. The number of nitrogens with zero attached hydrogens (tertiary/aromatic N) is 2. The van der Waals surface area contributed by atoms with E-state index in [1.807, 2.05) is 30.3 Å². The molecule has 10 heteroatoms. The highest BCUT2D eigenvalue weighted by Crippen LogP contribution is 2.27. The van der Waals surface area contributed by atoms with E-state index in [0.717, 1.165) is 11.8 Å². The molecule has 2 amide bonds. The van der Waals surface area contributed by atoms with Crippen molar-refractivity contribution in [2.24, 2.45) is 0 Å². The summed E-state index contributed by atoms with van der Waals surface area (Å²) >= 11 is 6.08. The van der Waals surface area contributed by atoms with Crippen molar-refractivity contribution in [3.05, 3.63) is 132 Å². The molecular weight excluding hydrogens is 572 g/mol. The molecule has 0 fully saturated rings. The molecule has 0 bridgehead atoms. The molecule has 1 heterocycles. The van der Waals surface area contributed by atoms with Crippen LogP contribution in [-0.4, -0.2) is 36.3 Å². The summed E-state index contributed by atoms with van der Waals surface area (Å²) in [4.78, 5) is 25.5. The van der Waals surface area contributed by atoms with Gasteiger partial charge in [-0.05, 0) is 84.9 Å². The molecule has 5 rings (SSSR count). The summed E-state index contributed by atoms with van der Waals surface area (Å²) in [6.45, 7) is 0. The normalized spacial score (nSPS) is 11.4. The zero-order valence-corrected chi connectivity index (χ0v) is 23.9. The smallest absolute Gasteiger partial charge is 0.308 e. The van der Waals surface area contributed by atoms with Crippen molar-refractivity contribution in [2.75, 3.05) is 16.9 Å². The van der Waals surface area contributed by atoms with Crippen LogP contribution in [0.1, 0.15) is 15.9 Å². The molecule has 0 aliphatic carbocycles. The molecule has 0 unspecified atom stereocenters. The molecule has 0 radical (unpaired) electrons. The van der Waals surface area contributed by atoms with Crippen molar-refractivity contribution in [1.29, 1.82) is 0 Å². The second-order valence-corrected chi connectivity index (χ2v) is 11.8. The largest absolute Gasteiger partial charge is 0.323 e. The van der Waals surface area contributed by atoms with E-state index in [-0.39, 0.29) is 10.7 Å². The van der Waals surface area contributed by atoms with Crippen LogP contribution in [0.25, 0.3) is 23.0 Å². The lowest BCUT2D eigenvalue weighted by Gasteiger charge is -2.07. The Kier molecular flexibility index (Phi) is 8.33. The van der Waals surface area contributed by atoms with Crippen molar-refractivity contribution >= 4 is 50.7 Å². The molecule has 0 aliphatic heterocycles. The van der Waals surface area contributed by atoms with Crippen molar-refractivity contribution < 1.29 is 18.0 Å². The molecule has 0 saturated heterocycles. The van der Waals surface area contributed by atoms with Gasteiger partial charge in [0.2, 0.25) is 0 Å². The highest BCUT2D eigenvalue weighted by Gasteiger charge is 2.13. The fourth-order valence-electron chi connectivity index (χ4n) is 4.11. The van der Waals surface area contributed by atoms with Gasteiger partial charge in [0.05, 0.1) is 16.3 Å². The van der Waals surface area contributed by atoms with E-state index < -0.39 is 15.9 Å². The molecule has 1 aromatic heterocycles. The molecule has 0 saturated carbocycles. The summed E-state index contributed by atoms with van der Waals surface area (Å²) < 4.78 is 25.3. The zero-order chi connectivity index (χ0) is 29.7. The van der Waals surface area contributed by atoms with Crippen molar-refractivity contribution in [2.45, 2.75) is 4.90 Å². The van der Waals surface area contributed by atoms with Crippen molar-refractivity contribution in [3.63, 3.8) is 0 Å². The first-order valence-corrected chi connectivity index (χ1v) is 15.0. The van der Waals surface area contributed by atoms with E-state index in [0.29, 0.717) is 38.9 Å². The number of sulfone groups is 1. The Morgan fingerprint density at radius 3 is 2.05 bits per heavy atom. The van der Waals surface area contributed by atoms with Crippen LogP contribution in [0, 0.1) is 0 Å². The Morgan fingerprint density at radius 2 is 1.43 bits per heavy atom. The van der Waals surface area contributed by atoms with Crippen LogP contribution in [0.4, 0.5) is 16.2 Å². The number of halogens is 1. The number of hydrogen-bond acceptors (Lipinski definition) is 5. The van der Waals surface area contributed by atoms with E-state index in [1.165, 1.54) is 18.2 Å². The topological polar surface area (TPSA) is 110 Å². The van der Waals surface area contributed by atoms with Crippen LogP contribution in [0.15, 0.2) is 120 Å². The van der Waals surface area contributed by atoms with Crippen molar-refractivity contribution in [3.8, 4) is 16.9 Å². The fraction of sp³-hybridized carbons (Fsp3) is 0.0312. The van der Waals surface area contributed by atoms with Crippen LogP contribution in [0.2, 0.25) is 5.02 Å². The summed E-state index contributed by atoms with van der Waals surface area (Å²) in [6.07, 6.45) is 6.06. The minimum atomic E-state index is -3.33. The number of ketones is 1. The Balaban J connectivity index is 1.35. The van der Waals surface area contributed by atoms with E-state index in [1.54, 1.807) is 77.6 Å². The SMILES string of the molecule is CS(=O)(=O)c1ccc(-n2cc(/C=C/C(=O)c3ccc(NC(=O)Nc4ccccc4)cc3)c(-c3ccc(Cl)cc3)n2)cc1. The number of para-hydroxylation sites is 1. The standard InChI is InChI=1S/C32H25ClN4O4S/c1-42(40,41)29-18-16-28(17-19-29)37-21-24(31(36-37)23-7-12-25(33)13-8-23)11-20-30(38)22-9-14-27(15-10-22)35-32(39)34-26-5-3-2-4-6-26/h2-21H,1H3,(H2,34,35,39)/b20-11+. The monoisotopic (exact) mass is 596 g/mol. The lowest BCUT2D eigenvalue weighted by Crippen LogP contribution is -2.19. The molecule has 8 nitrogen and oxygen atoms in total. The van der Waals surface area contributed by atoms with Crippen LogP contribution >= 0.6 is 11.6 Å². The van der Waals surface area contributed by atoms with Crippen LogP contribution in [0.5, 0.6) is 0 Å². The summed E-state index contributed by atoms with van der Waals surface area (Å²) in [5.74, 6) is -0.234. The first-order valence-electron chi connectivity index (χ1n) is 12.8. The molecule has 0 atom stereocenters. The van der Waals surface area contributed by atoms with Crippen molar-refractivity contribution in [1.82, 2.24) is 9.78 Å². The maximum atomic E-state index is 13.0. The van der Waals surface area contributed by atoms with E-state index in [2.05, 4.69) is 10.6 Å². The maximum Gasteiger partial charge on any atom is 0.323 e. The second kappa shape index (κ2) is 12.3. The zero-order valence-electron chi connectivity index (χ0n) is 22.4. The first-order chi connectivity index (χ1) is 20.2. The third-order valence-corrected chi connectivity index (χ3v) is 7.64. The lowest BCUT2D eigenvalue weighted by molar-refractivity contribution is 0.104. The predicted molar refractivity (Wildman–Crippen MR) is 166 cm³/mol. The molecule has 210 valence electrons. The van der Waals surface area contributed by atoms with E-state index in [4.69, 9.17) is 16.7 Å². The first kappa shape index (κ1) is 28.5. The third kappa shape index (κ3) is 7.01. The third-order valence-electron chi connectivity index (χ3n) is 6.26. The molecule has 2 N–H and O–H groups in total. The fourth-order valence-corrected chi connectivity index (χ4v) is 4.87. The van der Waals surface area contributed by atoms with Gasteiger partial charge in [-0.2, -0.15) is 5.10 Å². The van der Waals surface area contributed by atoms with Crippen LogP contribution in [-0.2, 0) is 9.84 Å². The Morgan fingerprint density at radius 1 is 0.810 bits per heavy atom. The average molecular weight is 597 g/mol. The quantitative estimate of drug-likeness (QED) is 0.146. The number of aromatic nitrogens is 2. The number of carbonyl (C=O) groups is 2. The summed E-state index contributed by atoms with van der Waals surface area (Å²) in [5.41, 5.74) is 4.39.